The second kappa shape index (κ2) is 7.98. The van der Waals surface area contributed by atoms with Crippen molar-refractivity contribution < 1.29 is 14.4 Å². The largest absolute Gasteiger partial charge is 0.339 e. The van der Waals surface area contributed by atoms with Crippen LogP contribution in [0.2, 0.25) is 0 Å². The van der Waals surface area contributed by atoms with Gasteiger partial charge in [0.2, 0.25) is 17.8 Å². The van der Waals surface area contributed by atoms with Crippen LogP contribution in [-0.2, 0) is 9.59 Å². The Morgan fingerprint density at radius 2 is 1.76 bits per heavy atom. The van der Waals surface area contributed by atoms with Crippen LogP contribution in [0.5, 0.6) is 0 Å². The van der Waals surface area contributed by atoms with Crippen LogP contribution in [-0.4, -0.2) is 65.2 Å². The Labute approximate surface area is 169 Å². The molecule has 0 spiro atoms. The number of ketones is 1. The summed E-state index contributed by atoms with van der Waals surface area (Å²) in [4.78, 5) is 51.2. The van der Waals surface area contributed by atoms with Gasteiger partial charge in [-0.15, -0.1) is 0 Å². The number of nitrogens with zero attached hydrogens (tertiary/aromatic N) is 5. The average molecular weight is 393 g/mol. The highest BCUT2D eigenvalue weighted by Gasteiger charge is 2.38. The van der Waals surface area contributed by atoms with Gasteiger partial charge < -0.3 is 14.7 Å². The highest BCUT2D eigenvalue weighted by Crippen LogP contribution is 2.27. The van der Waals surface area contributed by atoms with Crippen LogP contribution in [0.4, 0.5) is 11.6 Å². The lowest BCUT2D eigenvalue weighted by atomic mass is 10.1. The van der Waals surface area contributed by atoms with E-state index in [1.165, 1.54) is 6.92 Å². The van der Waals surface area contributed by atoms with Gasteiger partial charge in [-0.1, -0.05) is 12.1 Å². The number of amides is 2. The summed E-state index contributed by atoms with van der Waals surface area (Å²) >= 11 is 0. The van der Waals surface area contributed by atoms with E-state index >= 15 is 0 Å². The number of piperazine rings is 1. The van der Waals surface area contributed by atoms with Crippen LogP contribution < -0.4 is 9.80 Å². The molecule has 0 saturated carbocycles. The average Bonchev–Trinajstić information content (AvgIpc) is 3.15. The summed E-state index contributed by atoms with van der Waals surface area (Å²) in [6.45, 7) is 4.35. The van der Waals surface area contributed by atoms with Crippen molar-refractivity contribution >= 4 is 29.2 Å². The molecule has 2 saturated heterocycles. The SMILES string of the molecule is CC(=O)c1cccc(N2CC(C(=O)N3CCN(c4ncccn4)CC3)CC2=O)c1. The molecule has 3 heterocycles. The first kappa shape index (κ1) is 19.0. The monoisotopic (exact) mass is 393 g/mol. The Kier molecular flexibility index (Phi) is 5.24. The van der Waals surface area contributed by atoms with Gasteiger partial charge in [-0.05, 0) is 25.1 Å². The van der Waals surface area contributed by atoms with E-state index in [-0.39, 0.29) is 29.9 Å². The fourth-order valence-electron chi connectivity index (χ4n) is 3.85. The molecule has 4 rings (SSSR count). The quantitative estimate of drug-likeness (QED) is 0.730. The molecule has 2 amide bonds. The molecular formula is C21H23N5O3. The minimum Gasteiger partial charge on any atom is -0.339 e. The maximum atomic E-state index is 13.0. The van der Waals surface area contributed by atoms with Crippen LogP contribution in [0.1, 0.15) is 23.7 Å². The summed E-state index contributed by atoms with van der Waals surface area (Å²) in [5.74, 6) is 0.194. The molecule has 1 aromatic heterocycles. The Morgan fingerprint density at radius 1 is 1.03 bits per heavy atom. The van der Waals surface area contributed by atoms with E-state index in [4.69, 9.17) is 0 Å². The van der Waals surface area contributed by atoms with E-state index in [0.29, 0.717) is 49.9 Å². The number of benzene rings is 1. The van der Waals surface area contributed by atoms with Crippen molar-refractivity contribution in [3.8, 4) is 0 Å². The Morgan fingerprint density at radius 3 is 2.45 bits per heavy atom. The molecule has 0 radical (unpaired) electrons. The molecule has 2 fully saturated rings. The molecule has 1 unspecified atom stereocenters. The fourth-order valence-corrected chi connectivity index (χ4v) is 3.85. The van der Waals surface area contributed by atoms with Gasteiger partial charge in [0.1, 0.15) is 0 Å². The molecule has 1 atom stereocenters. The number of aromatic nitrogens is 2. The van der Waals surface area contributed by atoms with Crippen molar-refractivity contribution in [3.05, 3.63) is 48.3 Å². The summed E-state index contributed by atoms with van der Waals surface area (Å²) in [5.41, 5.74) is 1.23. The summed E-state index contributed by atoms with van der Waals surface area (Å²) in [5, 5.41) is 0. The molecule has 2 aliphatic heterocycles. The first-order valence-corrected chi connectivity index (χ1v) is 9.75. The maximum absolute atomic E-state index is 13.0. The lowest BCUT2D eigenvalue weighted by Crippen LogP contribution is -2.51. The molecular weight excluding hydrogens is 370 g/mol. The van der Waals surface area contributed by atoms with E-state index in [1.54, 1.807) is 47.6 Å². The van der Waals surface area contributed by atoms with Crippen molar-refractivity contribution in [3.63, 3.8) is 0 Å². The number of carbonyl (C=O) groups is 3. The van der Waals surface area contributed by atoms with Gasteiger partial charge in [-0.3, -0.25) is 14.4 Å². The number of rotatable bonds is 4. The van der Waals surface area contributed by atoms with Crippen molar-refractivity contribution in [1.82, 2.24) is 14.9 Å². The topological polar surface area (TPSA) is 86.7 Å². The Bertz CT molecular complexity index is 925. The zero-order valence-electron chi connectivity index (χ0n) is 16.3. The summed E-state index contributed by atoms with van der Waals surface area (Å²) in [7, 11) is 0. The molecule has 8 nitrogen and oxygen atoms in total. The lowest BCUT2D eigenvalue weighted by Gasteiger charge is -2.35. The van der Waals surface area contributed by atoms with Gasteiger partial charge in [0.15, 0.2) is 5.78 Å². The molecule has 2 aliphatic rings. The number of hydrogen-bond acceptors (Lipinski definition) is 6. The zero-order chi connectivity index (χ0) is 20.4. The highest BCUT2D eigenvalue weighted by atomic mass is 16.2. The van der Waals surface area contributed by atoms with E-state index in [1.807, 2.05) is 4.90 Å². The highest BCUT2D eigenvalue weighted by molar-refractivity contribution is 6.02. The van der Waals surface area contributed by atoms with Gasteiger partial charge in [0, 0.05) is 62.8 Å². The maximum Gasteiger partial charge on any atom is 0.228 e. The van der Waals surface area contributed by atoms with Gasteiger partial charge in [-0.2, -0.15) is 0 Å². The molecule has 8 heteroatoms. The number of Topliss-reactive ketones (excluding diaryl/α,β-unsaturated/α-hetero) is 1. The normalized spacial score (nSPS) is 19.6. The fraction of sp³-hybridized carbons (Fsp3) is 0.381. The van der Waals surface area contributed by atoms with Gasteiger partial charge in [0.05, 0.1) is 5.92 Å². The van der Waals surface area contributed by atoms with E-state index in [2.05, 4.69) is 14.9 Å². The smallest absolute Gasteiger partial charge is 0.228 e. The molecule has 29 heavy (non-hydrogen) atoms. The van der Waals surface area contributed by atoms with Crippen LogP contribution in [0, 0.1) is 5.92 Å². The summed E-state index contributed by atoms with van der Waals surface area (Å²) in [6.07, 6.45) is 3.62. The van der Waals surface area contributed by atoms with Crippen LogP contribution in [0.3, 0.4) is 0 Å². The zero-order valence-corrected chi connectivity index (χ0v) is 16.3. The van der Waals surface area contributed by atoms with E-state index < -0.39 is 0 Å². The molecule has 1 aromatic carbocycles. The first-order chi connectivity index (χ1) is 14.0. The minimum absolute atomic E-state index is 0.0113. The Hall–Kier alpha value is -3.29. The van der Waals surface area contributed by atoms with Gasteiger partial charge in [0.25, 0.3) is 0 Å². The third-order valence-electron chi connectivity index (χ3n) is 5.46. The Balaban J connectivity index is 1.39. The molecule has 0 bridgehead atoms. The van der Waals surface area contributed by atoms with E-state index in [9.17, 15) is 14.4 Å². The third-order valence-corrected chi connectivity index (χ3v) is 5.46. The number of carbonyl (C=O) groups excluding carboxylic acids is 3. The van der Waals surface area contributed by atoms with Crippen molar-refractivity contribution in [2.24, 2.45) is 5.92 Å². The van der Waals surface area contributed by atoms with Crippen molar-refractivity contribution in [2.75, 3.05) is 42.5 Å². The predicted octanol–water partition coefficient (Wildman–Crippen LogP) is 1.38. The van der Waals surface area contributed by atoms with Crippen LogP contribution in [0.15, 0.2) is 42.7 Å². The van der Waals surface area contributed by atoms with E-state index in [0.717, 1.165) is 0 Å². The van der Waals surface area contributed by atoms with Crippen LogP contribution in [0.25, 0.3) is 0 Å². The molecule has 0 aliphatic carbocycles. The third kappa shape index (κ3) is 3.96. The first-order valence-electron chi connectivity index (χ1n) is 9.75. The number of hydrogen-bond donors (Lipinski definition) is 0. The second-order valence-electron chi connectivity index (χ2n) is 7.37. The van der Waals surface area contributed by atoms with Crippen LogP contribution >= 0.6 is 0 Å². The predicted molar refractivity (Wildman–Crippen MR) is 108 cm³/mol. The summed E-state index contributed by atoms with van der Waals surface area (Å²) < 4.78 is 0. The molecule has 150 valence electrons. The lowest BCUT2D eigenvalue weighted by molar-refractivity contribution is -0.136. The second-order valence-corrected chi connectivity index (χ2v) is 7.37. The summed E-state index contributed by atoms with van der Waals surface area (Å²) in [6, 6.07) is 8.78. The minimum atomic E-state index is -0.358. The van der Waals surface area contributed by atoms with Gasteiger partial charge in [-0.25, -0.2) is 9.97 Å². The molecule has 2 aromatic rings. The molecule has 0 N–H and O–H groups in total. The van der Waals surface area contributed by atoms with Gasteiger partial charge >= 0.3 is 0 Å². The van der Waals surface area contributed by atoms with Crippen molar-refractivity contribution in [1.29, 1.82) is 0 Å². The number of anilines is 2. The standard InChI is InChI=1S/C21H23N5O3/c1-15(27)16-4-2-5-18(12-16)26-14-17(13-19(26)28)20(29)24-8-10-25(11-9-24)21-22-6-3-7-23-21/h2-7,12,17H,8-11,13-14H2,1H3. The van der Waals surface area contributed by atoms with Crippen molar-refractivity contribution in [2.45, 2.75) is 13.3 Å².